The van der Waals surface area contributed by atoms with Crippen LogP contribution in [-0.4, -0.2) is 59.1 Å². The van der Waals surface area contributed by atoms with Crippen LogP contribution in [-0.2, 0) is 39.8 Å². The summed E-state index contributed by atoms with van der Waals surface area (Å²) in [5.74, 6) is -1.49. The standard InChI is InChI=1S/C32H37NO8/c1-20-8-7-10-28-30(20)26(16-25-13-11-24(12-14-25)9-5-6-15-34)18-33(28)32-31(40-23(4)37)29(39-22(3)36)17-27(41-32)19-38-21(2)35/h5,7-14,18,27,29,31-32,34H,6,15-17,19H2,1-4H3. The summed E-state index contributed by atoms with van der Waals surface area (Å²) in [6, 6.07) is 14.2. The van der Waals surface area contributed by atoms with Crippen molar-refractivity contribution in [3.05, 3.63) is 77.0 Å². The number of hydrogen-bond acceptors (Lipinski definition) is 8. The maximum atomic E-state index is 12.2. The molecule has 4 atom stereocenters. The fourth-order valence-electron chi connectivity index (χ4n) is 5.29. The largest absolute Gasteiger partial charge is 0.463 e. The summed E-state index contributed by atoms with van der Waals surface area (Å²) in [7, 11) is 0. The van der Waals surface area contributed by atoms with Gasteiger partial charge in [-0.3, -0.25) is 14.4 Å². The molecule has 0 aliphatic carbocycles. The Balaban J connectivity index is 1.74. The highest BCUT2D eigenvalue weighted by atomic mass is 16.6. The first-order valence-electron chi connectivity index (χ1n) is 13.7. The van der Waals surface area contributed by atoms with Crippen LogP contribution in [0.15, 0.2) is 54.7 Å². The molecule has 0 spiro atoms. The van der Waals surface area contributed by atoms with Crippen molar-refractivity contribution in [1.29, 1.82) is 0 Å². The quantitative estimate of drug-likeness (QED) is 0.280. The van der Waals surface area contributed by atoms with Gasteiger partial charge in [0.25, 0.3) is 0 Å². The van der Waals surface area contributed by atoms with Crippen molar-refractivity contribution in [3.63, 3.8) is 0 Å². The molecule has 1 N–H and O–H groups in total. The predicted octanol–water partition coefficient (Wildman–Crippen LogP) is 4.65. The second-order valence-electron chi connectivity index (χ2n) is 10.3. The first kappa shape index (κ1) is 30.0. The van der Waals surface area contributed by atoms with E-state index in [4.69, 9.17) is 24.1 Å². The van der Waals surface area contributed by atoms with Gasteiger partial charge in [-0.25, -0.2) is 0 Å². The Hall–Kier alpha value is -3.95. The molecule has 2 heterocycles. The molecule has 9 heteroatoms. The fourth-order valence-corrected chi connectivity index (χ4v) is 5.29. The summed E-state index contributed by atoms with van der Waals surface area (Å²) < 4.78 is 24.9. The molecule has 1 fully saturated rings. The normalized spacial score (nSPS) is 20.7. The summed E-state index contributed by atoms with van der Waals surface area (Å²) in [4.78, 5) is 35.7. The lowest BCUT2D eigenvalue weighted by Crippen LogP contribution is -2.50. The lowest BCUT2D eigenvalue weighted by atomic mass is 10.00. The topological polar surface area (TPSA) is 113 Å². The van der Waals surface area contributed by atoms with Gasteiger partial charge in [0, 0.05) is 45.4 Å². The predicted molar refractivity (Wildman–Crippen MR) is 153 cm³/mol. The molecule has 1 saturated heterocycles. The van der Waals surface area contributed by atoms with E-state index in [1.807, 2.05) is 60.2 Å². The van der Waals surface area contributed by atoms with Gasteiger partial charge in [-0.2, -0.15) is 0 Å². The Morgan fingerprint density at radius 2 is 1.76 bits per heavy atom. The highest BCUT2D eigenvalue weighted by Crippen LogP contribution is 2.37. The molecule has 0 bridgehead atoms. The second kappa shape index (κ2) is 13.6. The second-order valence-corrected chi connectivity index (χ2v) is 10.3. The van der Waals surface area contributed by atoms with Gasteiger partial charge < -0.3 is 28.6 Å². The van der Waals surface area contributed by atoms with E-state index >= 15 is 0 Å². The summed E-state index contributed by atoms with van der Waals surface area (Å²) in [5, 5.41) is 10.1. The number of carbonyl (C=O) groups excluding carboxylic acids is 3. The van der Waals surface area contributed by atoms with Crippen molar-refractivity contribution in [1.82, 2.24) is 4.57 Å². The van der Waals surface area contributed by atoms with E-state index in [2.05, 4.69) is 12.1 Å². The summed E-state index contributed by atoms with van der Waals surface area (Å²) >= 11 is 0. The lowest BCUT2D eigenvalue weighted by Gasteiger charge is -2.41. The van der Waals surface area contributed by atoms with Crippen molar-refractivity contribution >= 4 is 34.9 Å². The minimum absolute atomic E-state index is 0.0272. The van der Waals surface area contributed by atoms with Crippen LogP contribution < -0.4 is 0 Å². The number of hydrogen-bond donors (Lipinski definition) is 1. The molecule has 1 aromatic heterocycles. The van der Waals surface area contributed by atoms with E-state index in [1.54, 1.807) is 0 Å². The van der Waals surface area contributed by atoms with Crippen molar-refractivity contribution in [3.8, 4) is 0 Å². The van der Waals surface area contributed by atoms with Gasteiger partial charge in [0.1, 0.15) is 12.7 Å². The maximum Gasteiger partial charge on any atom is 0.303 e. The molecule has 4 rings (SSSR count). The number of ether oxygens (including phenoxy) is 4. The lowest BCUT2D eigenvalue weighted by molar-refractivity contribution is -0.229. The van der Waals surface area contributed by atoms with Crippen LogP contribution in [0.2, 0.25) is 0 Å². The van der Waals surface area contributed by atoms with Crippen molar-refractivity contribution in [2.24, 2.45) is 0 Å². The van der Waals surface area contributed by atoms with Crippen molar-refractivity contribution in [2.75, 3.05) is 13.2 Å². The van der Waals surface area contributed by atoms with Crippen LogP contribution >= 0.6 is 0 Å². The number of benzene rings is 2. The third-order valence-electron chi connectivity index (χ3n) is 6.97. The minimum atomic E-state index is -0.918. The molecule has 218 valence electrons. The van der Waals surface area contributed by atoms with Gasteiger partial charge in [-0.1, -0.05) is 48.6 Å². The van der Waals surface area contributed by atoms with Gasteiger partial charge in [-0.15, -0.1) is 0 Å². The highest BCUT2D eigenvalue weighted by molar-refractivity contribution is 5.87. The van der Waals surface area contributed by atoms with Gasteiger partial charge in [-0.05, 0) is 48.1 Å². The number of rotatable bonds is 10. The molecular formula is C32H37NO8. The smallest absolute Gasteiger partial charge is 0.303 e. The van der Waals surface area contributed by atoms with E-state index < -0.39 is 42.4 Å². The van der Waals surface area contributed by atoms with Crippen LogP contribution in [0.5, 0.6) is 0 Å². The van der Waals surface area contributed by atoms with Crippen LogP contribution in [0.1, 0.15) is 62.1 Å². The van der Waals surface area contributed by atoms with E-state index in [1.165, 1.54) is 20.8 Å². The molecular weight excluding hydrogens is 526 g/mol. The number of aliphatic hydroxyl groups excluding tert-OH is 1. The first-order valence-corrected chi connectivity index (χ1v) is 13.7. The molecule has 4 unspecified atom stereocenters. The maximum absolute atomic E-state index is 12.2. The summed E-state index contributed by atoms with van der Waals surface area (Å²) in [6.45, 7) is 6.06. The Morgan fingerprint density at radius 1 is 1.02 bits per heavy atom. The fraction of sp³-hybridized carbons (Fsp3) is 0.406. The number of aliphatic hydroxyl groups is 1. The zero-order chi connectivity index (χ0) is 29.5. The number of aromatic nitrogens is 1. The number of nitrogens with zero attached hydrogens (tertiary/aromatic N) is 1. The van der Waals surface area contributed by atoms with Gasteiger partial charge in [0.15, 0.2) is 12.3 Å². The average Bonchev–Trinajstić information content (AvgIpc) is 3.28. The molecule has 1 aliphatic heterocycles. The van der Waals surface area contributed by atoms with Crippen molar-refractivity contribution < 1.29 is 38.4 Å². The van der Waals surface area contributed by atoms with Crippen LogP contribution in [0.4, 0.5) is 0 Å². The molecule has 0 radical (unpaired) electrons. The Bertz CT molecular complexity index is 1410. The van der Waals surface area contributed by atoms with Crippen LogP contribution in [0, 0.1) is 6.92 Å². The third-order valence-corrected chi connectivity index (χ3v) is 6.97. The van der Waals surface area contributed by atoms with E-state index in [-0.39, 0.29) is 19.6 Å². The minimum Gasteiger partial charge on any atom is -0.463 e. The SMILES string of the molecule is CC(=O)OCC1CC(OC(C)=O)C(OC(C)=O)C(n2cc(Cc3ccc(C=CCCO)cc3)c3c(C)cccc32)O1. The molecule has 0 saturated carbocycles. The molecule has 3 aromatic rings. The number of esters is 3. The highest BCUT2D eigenvalue weighted by Gasteiger charge is 2.45. The number of carbonyl (C=O) groups is 3. The molecule has 9 nitrogen and oxygen atoms in total. The average molecular weight is 564 g/mol. The molecule has 2 aromatic carbocycles. The molecule has 1 aliphatic rings. The zero-order valence-electron chi connectivity index (χ0n) is 23.9. The Kier molecular flexibility index (Phi) is 9.96. The monoisotopic (exact) mass is 563 g/mol. The van der Waals surface area contributed by atoms with Gasteiger partial charge >= 0.3 is 17.9 Å². The molecule has 0 amide bonds. The van der Waals surface area contributed by atoms with Gasteiger partial charge in [0.05, 0.1) is 11.6 Å². The first-order chi connectivity index (χ1) is 19.7. The molecule has 41 heavy (non-hydrogen) atoms. The Morgan fingerprint density at radius 3 is 2.41 bits per heavy atom. The van der Waals surface area contributed by atoms with Gasteiger partial charge in [0.2, 0.25) is 0 Å². The number of fused-ring (bicyclic) bond motifs is 1. The van der Waals surface area contributed by atoms with E-state index in [0.29, 0.717) is 12.8 Å². The zero-order valence-corrected chi connectivity index (χ0v) is 23.9. The summed E-state index contributed by atoms with van der Waals surface area (Å²) in [6.07, 6.45) is 4.23. The van der Waals surface area contributed by atoms with Crippen molar-refractivity contribution in [2.45, 2.75) is 71.5 Å². The van der Waals surface area contributed by atoms with E-state index in [9.17, 15) is 14.4 Å². The summed E-state index contributed by atoms with van der Waals surface area (Å²) in [5.41, 5.74) is 5.17. The number of aryl methyl sites for hydroxylation is 1. The Labute approximate surface area is 239 Å². The van der Waals surface area contributed by atoms with Crippen LogP contribution in [0.3, 0.4) is 0 Å². The third kappa shape index (κ3) is 7.62. The van der Waals surface area contributed by atoms with Crippen LogP contribution in [0.25, 0.3) is 17.0 Å². The van der Waals surface area contributed by atoms with E-state index in [0.717, 1.165) is 33.2 Å².